The SMILES string of the molecule is CNC(c1cc(C)c(OC)cc1C)C1(C)CCCCC1. The lowest BCUT2D eigenvalue weighted by atomic mass is 9.68. The normalized spacial score (nSPS) is 19.6. The molecule has 1 N–H and O–H groups in total. The Bertz CT molecular complexity index is 461. The highest BCUT2D eigenvalue weighted by molar-refractivity contribution is 5.43. The molecular weight excluding hydrogens is 246 g/mol. The maximum atomic E-state index is 5.44. The van der Waals surface area contributed by atoms with Gasteiger partial charge in [-0.15, -0.1) is 0 Å². The second-order valence-corrected chi connectivity index (χ2v) is 6.61. The molecule has 0 amide bonds. The summed E-state index contributed by atoms with van der Waals surface area (Å²) in [5.74, 6) is 0.995. The van der Waals surface area contributed by atoms with Gasteiger partial charge in [-0.05, 0) is 61.9 Å². The molecule has 0 aromatic heterocycles. The largest absolute Gasteiger partial charge is 0.496 e. The molecule has 1 unspecified atom stereocenters. The second-order valence-electron chi connectivity index (χ2n) is 6.61. The van der Waals surface area contributed by atoms with Crippen LogP contribution in [0.4, 0.5) is 0 Å². The van der Waals surface area contributed by atoms with E-state index in [-0.39, 0.29) is 0 Å². The number of nitrogens with one attached hydrogen (secondary N) is 1. The fourth-order valence-electron chi connectivity index (χ4n) is 3.87. The van der Waals surface area contributed by atoms with Crippen LogP contribution in [0.3, 0.4) is 0 Å². The van der Waals surface area contributed by atoms with Gasteiger partial charge in [-0.25, -0.2) is 0 Å². The van der Waals surface area contributed by atoms with E-state index in [0.717, 1.165) is 5.75 Å². The van der Waals surface area contributed by atoms with E-state index in [0.29, 0.717) is 11.5 Å². The third kappa shape index (κ3) is 2.85. The Hall–Kier alpha value is -1.02. The molecule has 0 saturated heterocycles. The van der Waals surface area contributed by atoms with Crippen LogP contribution < -0.4 is 10.1 Å². The first kappa shape index (κ1) is 15.4. The van der Waals surface area contributed by atoms with E-state index in [2.05, 4.69) is 45.3 Å². The molecule has 2 rings (SSSR count). The molecule has 0 radical (unpaired) electrons. The molecule has 20 heavy (non-hydrogen) atoms. The molecule has 1 fully saturated rings. The third-order valence-corrected chi connectivity index (χ3v) is 5.08. The number of benzene rings is 1. The van der Waals surface area contributed by atoms with Gasteiger partial charge in [0.15, 0.2) is 0 Å². The van der Waals surface area contributed by atoms with E-state index in [1.54, 1.807) is 7.11 Å². The van der Waals surface area contributed by atoms with Crippen LogP contribution in [0.1, 0.15) is 61.8 Å². The lowest BCUT2D eigenvalue weighted by Gasteiger charge is -2.41. The summed E-state index contributed by atoms with van der Waals surface area (Å²) in [6, 6.07) is 4.93. The summed E-state index contributed by atoms with van der Waals surface area (Å²) in [7, 11) is 3.85. The molecule has 0 aliphatic heterocycles. The van der Waals surface area contributed by atoms with Crippen molar-refractivity contribution >= 4 is 0 Å². The van der Waals surface area contributed by atoms with Gasteiger partial charge in [-0.2, -0.15) is 0 Å². The summed E-state index contributed by atoms with van der Waals surface area (Å²) in [5.41, 5.74) is 4.38. The first-order chi connectivity index (χ1) is 9.51. The van der Waals surface area contributed by atoms with Gasteiger partial charge in [0.05, 0.1) is 7.11 Å². The van der Waals surface area contributed by atoms with Crippen molar-refractivity contribution in [2.75, 3.05) is 14.2 Å². The van der Waals surface area contributed by atoms with Crippen LogP contribution >= 0.6 is 0 Å². The average Bonchev–Trinajstić information content (AvgIpc) is 2.43. The standard InChI is InChI=1S/C18H29NO/c1-13-12-16(20-5)14(2)11-15(13)17(19-4)18(3)9-7-6-8-10-18/h11-12,17,19H,6-10H2,1-5H3. The first-order valence-corrected chi connectivity index (χ1v) is 7.84. The molecule has 1 atom stereocenters. The van der Waals surface area contributed by atoms with Gasteiger partial charge in [0.1, 0.15) is 5.75 Å². The summed E-state index contributed by atoms with van der Waals surface area (Å²) in [6.45, 7) is 6.79. The number of hydrogen-bond acceptors (Lipinski definition) is 2. The molecule has 1 aliphatic rings. The van der Waals surface area contributed by atoms with Crippen LogP contribution in [0.15, 0.2) is 12.1 Å². The predicted molar refractivity (Wildman–Crippen MR) is 85.5 cm³/mol. The summed E-state index contributed by atoms with van der Waals surface area (Å²) in [4.78, 5) is 0. The fourth-order valence-corrected chi connectivity index (χ4v) is 3.87. The van der Waals surface area contributed by atoms with Crippen molar-refractivity contribution in [1.82, 2.24) is 5.32 Å². The minimum atomic E-state index is 0.374. The molecular formula is C18H29NO. The van der Waals surface area contributed by atoms with Crippen LogP contribution in [-0.4, -0.2) is 14.2 Å². The van der Waals surface area contributed by atoms with Gasteiger partial charge >= 0.3 is 0 Å². The second kappa shape index (κ2) is 6.17. The van der Waals surface area contributed by atoms with E-state index in [4.69, 9.17) is 4.74 Å². The Balaban J connectivity index is 2.38. The first-order valence-electron chi connectivity index (χ1n) is 7.84. The van der Waals surface area contributed by atoms with Crippen molar-refractivity contribution in [2.45, 2.75) is 58.9 Å². The fraction of sp³-hybridized carbons (Fsp3) is 0.667. The van der Waals surface area contributed by atoms with Gasteiger partial charge in [-0.1, -0.05) is 32.3 Å². The molecule has 0 heterocycles. The Morgan fingerprint density at radius 1 is 1.10 bits per heavy atom. The maximum absolute atomic E-state index is 5.44. The number of hydrogen-bond donors (Lipinski definition) is 1. The minimum absolute atomic E-state index is 0.374. The van der Waals surface area contributed by atoms with Crippen molar-refractivity contribution < 1.29 is 4.74 Å². The van der Waals surface area contributed by atoms with Crippen molar-refractivity contribution in [1.29, 1.82) is 0 Å². The summed E-state index contributed by atoms with van der Waals surface area (Å²) in [5, 5.41) is 3.59. The van der Waals surface area contributed by atoms with Crippen LogP contribution in [0.5, 0.6) is 5.75 Å². The monoisotopic (exact) mass is 275 g/mol. The third-order valence-electron chi connectivity index (χ3n) is 5.08. The highest BCUT2D eigenvalue weighted by atomic mass is 16.5. The van der Waals surface area contributed by atoms with E-state index in [1.807, 2.05) is 0 Å². The van der Waals surface area contributed by atoms with Gasteiger partial charge in [0, 0.05) is 6.04 Å². The molecule has 0 spiro atoms. The lowest BCUT2D eigenvalue weighted by Crippen LogP contribution is -2.36. The number of aryl methyl sites for hydroxylation is 2. The van der Waals surface area contributed by atoms with Crippen molar-refractivity contribution in [3.05, 3.63) is 28.8 Å². The summed E-state index contributed by atoms with van der Waals surface area (Å²) >= 11 is 0. The van der Waals surface area contributed by atoms with Crippen LogP contribution in [0, 0.1) is 19.3 Å². The van der Waals surface area contributed by atoms with Crippen molar-refractivity contribution in [3.63, 3.8) is 0 Å². The van der Waals surface area contributed by atoms with Crippen molar-refractivity contribution in [3.8, 4) is 5.75 Å². The molecule has 2 heteroatoms. The molecule has 1 aromatic rings. The molecule has 112 valence electrons. The van der Waals surface area contributed by atoms with E-state index < -0.39 is 0 Å². The van der Waals surface area contributed by atoms with Crippen molar-refractivity contribution in [2.24, 2.45) is 5.41 Å². The van der Waals surface area contributed by atoms with E-state index in [1.165, 1.54) is 48.8 Å². The van der Waals surface area contributed by atoms with Gasteiger partial charge in [0.25, 0.3) is 0 Å². The van der Waals surface area contributed by atoms with Crippen LogP contribution in [-0.2, 0) is 0 Å². The Morgan fingerprint density at radius 2 is 1.75 bits per heavy atom. The van der Waals surface area contributed by atoms with E-state index >= 15 is 0 Å². The van der Waals surface area contributed by atoms with Crippen LogP contribution in [0.2, 0.25) is 0 Å². The molecule has 1 aliphatic carbocycles. The smallest absolute Gasteiger partial charge is 0.122 e. The van der Waals surface area contributed by atoms with Gasteiger partial charge in [-0.3, -0.25) is 0 Å². The Labute approximate surface area is 123 Å². The zero-order valence-electron chi connectivity index (χ0n) is 13.7. The lowest BCUT2D eigenvalue weighted by molar-refractivity contribution is 0.150. The molecule has 0 bridgehead atoms. The van der Waals surface area contributed by atoms with Gasteiger partial charge < -0.3 is 10.1 Å². The topological polar surface area (TPSA) is 21.3 Å². The predicted octanol–water partition coefficient (Wildman–Crippen LogP) is 4.54. The highest BCUT2D eigenvalue weighted by Crippen LogP contribution is 2.46. The maximum Gasteiger partial charge on any atom is 0.122 e. The number of rotatable bonds is 4. The molecule has 1 aromatic carbocycles. The Kier molecular flexibility index (Phi) is 4.74. The number of ether oxygens (including phenoxy) is 1. The average molecular weight is 275 g/mol. The Morgan fingerprint density at radius 3 is 2.30 bits per heavy atom. The quantitative estimate of drug-likeness (QED) is 0.871. The summed E-state index contributed by atoms with van der Waals surface area (Å²) < 4.78 is 5.44. The van der Waals surface area contributed by atoms with E-state index in [9.17, 15) is 0 Å². The summed E-state index contributed by atoms with van der Waals surface area (Å²) in [6.07, 6.45) is 6.77. The minimum Gasteiger partial charge on any atom is -0.496 e. The van der Waals surface area contributed by atoms with Crippen LogP contribution in [0.25, 0.3) is 0 Å². The highest BCUT2D eigenvalue weighted by Gasteiger charge is 2.36. The molecule has 1 saturated carbocycles. The zero-order valence-corrected chi connectivity index (χ0v) is 13.7. The molecule has 2 nitrogen and oxygen atoms in total. The number of methoxy groups -OCH3 is 1. The van der Waals surface area contributed by atoms with Gasteiger partial charge in [0.2, 0.25) is 0 Å². The zero-order chi connectivity index (χ0) is 14.8.